The van der Waals surface area contributed by atoms with Crippen LogP contribution in [0.1, 0.15) is 32.2 Å². The molecule has 0 saturated carbocycles. The van der Waals surface area contributed by atoms with Crippen molar-refractivity contribution in [1.29, 1.82) is 0 Å². The van der Waals surface area contributed by atoms with E-state index in [9.17, 15) is 17.6 Å². The smallest absolute Gasteiger partial charge is 0.338 e. The number of alkyl halides is 3. The standard InChI is InChI=1S/C22H21F4N5/c1-21(2,3)20-27-11-18(31(20)4)28-15-10-17-16(9-14(15)23)29-19(30-17)12-5-7-13(8-6-12)22(24,25)26/h5-11,28H,1-4H3,(H,29,30). The van der Waals surface area contributed by atoms with Gasteiger partial charge in [0.15, 0.2) is 0 Å². The number of rotatable bonds is 3. The van der Waals surface area contributed by atoms with Crippen molar-refractivity contribution in [2.75, 3.05) is 5.32 Å². The summed E-state index contributed by atoms with van der Waals surface area (Å²) < 4.78 is 54.9. The Hall–Kier alpha value is -3.36. The van der Waals surface area contributed by atoms with Gasteiger partial charge in [0.25, 0.3) is 0 Å². The number of aromatic nitrogens is 4. The molecule has 0 spiro atoms. The van der Waals surface area contributed by atoms with Gasteiger partial charge < -0.3 is 14.9 Å². The molecule has 0 amide bonds. The van der Waals surface area contributed by atoms with Gasteiger partial charge >= 0.3 is 6.18 Å². The van der Waals surface area contributed by atoms with Crippen LogP contribution in [0.15, 0.2) is 42.6 Å². The van der Waals surface area contributed by atoms with Crippen molar-refractivity contribution in [3.8, 4) is 11.4 Å². The van der Waals surface area contributed by atoms with Gasteiger partial charge in [0.1, 0.15) is 23.3 Å². The number of imidazole rings is 2. The number of H-pyrrole nitrogens is 1. The van der Waals surface area contributed by atoms with E-state index in [-0.39, 0.29) is 11.1 Å². The van der Waals surface area contributed by atoms with Crippen LogP contribution >= 0.6 is 0 Å². The minimum Gasteiger partial charge on any atom is -0.338 e. The van der Waals surface area contributed by atoms with E-state index < -0.39 is 17.6 Å². The molecule has 162 valence electrons. The lowest BCUT2D eigenvalue weighted by atomic mass is 9.96. The number of fused-ring (bicyclic) bond motifs is 1. The first-order valence-corrected chi connectivity index (χ1v) is 9.59. The van der Waals surface area contributed by atoms with Gasteiger partial charge in [0.2, 0.25) is 0 Å². The van der Waals surface area contributed by atoms with E-state index in [2.05, 4.69) is 20.3 Å². The Morgan fingerprint density at radius 2 is 1.71 bits per heavy atom. The monoisotopic (exact) mass is 431 g/mol. The fraction of sp³-hybridized carbons (Fsp3) is 0.273. The summed E-state index contributed by atoms with van der Waals surface area (Å²) in [7, 11) is 1.85. The predicted octanol–water partition coefficient (Wildman–Crippen LogP) is 6.16. The topological polar surface area (TPSA) is 58.5 Å². The quantitative estimate of drug-likeness (QED) is 0.382. The number of hydrogen-bond donors (Lipinski definition) is 2. The molecule has 4 rings (SSSR count). The number of anilines is 2. The number of aromatic amines is 1. The van der Waals surface area contributed by atoms with Crippen LogP contribution in [0.25, 0.3) is 22.4 Å². The summed E-state index contributed by atoms with van der Waals surface area (Å²) in [6.45, 7) is 6.12. The Labute approximate surface area is 176 Å². The van der Waals surface area contributed by atoms with E-state index in [0.717, 1.165) is 18.0 Å². The summed E-state index contributed by atoms with van der Waals surface area (Å²) in [5.74, 6) is 1.34. The second kappa shape index (κ2) is 7.11. The third-order valence-electron chi connectivity index (χ3n) is 4.98. The van der Waals surface area contributed by atoms with Crippen LogP contribution in [0.4, 0.5) is 29.1 Å². The van der Waals surface area contributed by atoms with Gasteiger partial charge in [-0.15, -0.1) is 0 Å². The molecule has 9 heteroatoms. The molecule has 4 aromatic rings. The predicted molar refractivity (Wildman–Crippen MR) is 112 cm³/mol. The Morgan fingerprint density at radius 3 is 2.29 bits per heavy atom. The normalized spacial score (nSPS) is 12.5. The maximum atomic E-state index is 14.7. The molecule has 5 nitrogen and oxygen atoms in total. The van der Waals surface area contributed by atoms with Crippen LogP contribution in [-0.4, -0.2) is 19.5 Å². The number of benzene rings is 2. The maximum absolute atomic E-state index is 14.7. The Morgan fingerprint density at radius 1 is 1.03 bits per heavy atom. The Kier molecular flexibility index (Phi) is 4.79. The fourth-order valence-electron chi connectivity index (χ4n) is 3.44. The molecule has 0 aliphatic heterocycles. The fourth-order valence-corrected chi connectivity index (χ4v) is 3.44. The largest absolute Gasteiger partial charge is 0.416 e. The number of halogens is 4. The summed E-state index contributed by atoms with van der Waals surface area (Å²) in [5.41, 5.74) is 0.712. The zero-order chi connectivity index (χ0) is 22.6. The molecule has 2 aromatic carbocycles. The van der Waals surface area contributed by atoms with Gasteiger partial charge in [-0.2, -0.15) is 13.2 Å². The Balaban J connectivity index is 1.66. The zero-order valence-electron chi connectivity index (χ0n) is 17.4. The van der Waals surface area contributed by atoms with Gasteiger partial charge in [0, 0.05) is 24.1 Å². The average molecular weight is 431 g/mol. The first-order valence-electron chi connectivity index (χ1n) is 9.59. The summed E-state index contributed by atoms with van der Waals surface area (Å²) in [6.07, 6.45) is -2.77. The molecule has 0 bridgehead atoms. The van der Waals surface area contributed by atoms with Gasteiger partial charge in [-0.25, -0.2) is 14.4 Å². The van der Waals surface area contributed by atoms with Crippen molar-refractivity contribution >= 4 is 22.5 Å². The summed E-state index contributed by atoms with van der Waals surface area (Å²) in [5, 5.41) is 3.04. The molecule has 0 aliphatic carbocycles. The van der Waals surface area contributed by atoms with Gasteiger partial charge in [-0.05, 0) is 18.2 Å². The first-order chi connectivity index (χ1) is 14.4. The summed E-state index contributed by atoms with van der Waals surface area (Å²) >= 11 is 0. The van der Waals surface area contributed by atoms with Crippen molar-refractivity contribution in [2.24, 2.45) is 7.05 Å². The van der Waals surface area contributed by atoms with Crippen LogP contribution in [0.3, 0.4) is 0 Å². The second-order valence-corrected chi connectivity index (χ2v) is 8.41. The minimum absolute atomic E-state index is 0.171. The molecule has 31 heavy (non-hydrogen) atoms. The second-order valence-electron chi connectivity index (χ2n) is 8.41. The lowest BCUT2D eigenvalue weighted by Crippen LogP contribution is -2.18. The third kappa shape index (κ3) is 3.99. The van der Waals surface area contributed by atoms with Crippen LogP contribution in [0, 0.1) is 5.82 Å². The van der Waals surface area contributed by atoms with E-state index in [0.29, 0.717) is 28.2 Å². The van der Waals surface area contributed by atoms with Crippen LogP contribution in [-0.2, 0) is 18.6 Å². The molecule has 0 atom stereocenters. The van der Waals surface area contributed by atoms with Gasteiger partial charge in [-0.1, -0.05) is 32.9 Å². The molecular formula is C22H21F4N5. The average Bonchev–Trinajstić information content (AvgIpc) is 3.25. The maximum Gasteiger partial charge on any atom is 0.416 e. The lowest BCUT2D eigenvalue weighted by Gasteiger charge is -2.18. The van der Waals surface area contributed by atoms with E-state index in [4.69, 9.17) is 0 Å². The molecule has 2 N–H and O–H groups in total. The molecular weight excluding hydrogens is 410 g/mol. The van der Waals surface area contributed by atoms with Gasteiger partial charge in [0.05, 0.1) is 28.5 Å². The zero-order valence-corrected chi connectivity index (χ0v) is 17.4. The van der Waals surface area contributed by atoms with E-state index in [1.807, 2.05) is 32.4 Å². The molecule has 0 radical (unpaired) electrons. The van der Waals surface area contributed by atoms with Crippen molar-refractivity contribution in [2.45, 2.75) is 32.4 Å². The van der Waals surface area contributed by atoms with Crippen molar-refractivity contribution in [1.82, 2.24) is 19.5 Å². The van der Waals surface area contributed by atoms with Gasteiger partial charge in [-0.3, -0.25) is 0 Å². The summed E-state index contributed by atoms with van der Waals surface area (Å²) in [4.78, 5) is 11.8. The Bertz CT molecular complexity index is 1240. The highest BCUT2D eigenvalue weighted by molar-refractivity contribution is 5.83. The SMILES string of the molecule is Cn1c(Nc2cc3nc(-c4ccc(C(F)(F)F)cc4)[nH]c3cc2F)cnc1C(C)(C)C. The molecule has 0 saturated heterocycles. The van der Waals surface area contributed by atoms with Crippen molar-refractivity contribution in [3.63, 3.8) is 0 Å². The van der Waals surface area contributed by atoms with E-state index in [1.165, 1.54) is 18.2 Å². The first kappa shape index (κ1) is 20.9. The molecule has 0 unspecified atom stereocenters. The molecule has 0 fully saturated rings. The number of nitrogens with one attached hydrogen (secondary N) is 2. The minimum atomic E-state index is -4.41. The molecule has 0 aliphatic rings. The molecule has 2 heterocycles. The lowest BCUT2D eigenvalue weighted by molar-refractivity contribution is -0.137. The van der Waals surface area contributed by atoms with Crippen molar-refractivity contribution < 1.29 is 17.6 Å². The van der Waals surface area contributed by atoms with E-state index >= 15 is 0 Å². The number of hydrogen-bond acceptors (Lipinski definition) is 3. The van der Waals surface area contributed by atoms with Crippen molar-refractivity contribution in [3.05, 3.63) is 59.8 Å². The van der Waals surface area contributed by atoms with Crippen LogP contribution in [0.2, 0.25) is 0 Å². The molecule has 2 aromatic heterocycles. The van der Waals surface area contributed by atoms with Crippen LogP contribution in [0.5, 0.6) is 0 Å². The highest BCUT2D eigenvalue weighted by Crippen LogP contribution is 2.32. The summed E-state index contributed by atoms with van der Waals surface area (Å²) in [6, 6.07) is 7.51. The van der Waals surface area contributed by atoms with E-state index in [1.54, 1.807) is 12.3 Å². The highest BCUT2D eigenvalue weighted by Gasteiger charge is 2.30. The number of nitrogens with zero attached hydrogens (tertiary/aromatic N) is 3. The highest BCUT2D eigenvalue weighted by atomic mass is 19.4. The van der Waals surface area contributed by atoms with Crippen LogP contribution < -0.4 is 5.32 Å². The third-order valence-corrected chi connectivity index (χ3v) is 4.98.